The van der Waals surface area contributed by atoms with Crippen LogP contribution in [0.4, 0.5) is 0 Å². The molecule has 19 heavy (non-hydrogen) atoms. The molecule has 1 aromatic rings. The van der Waals surface area contributed by atoms with Crippen molar-refractivity contribution in [1.29, 1.82) is 0 Å². The smallest absolute Gasteiger partial charge is 0.266 e. The summed E-state index contributed by atoms with van der Waals surface area (Å²) in [5.41, 5.74) is 2.06. The Morgan fingerprint density at radius 2 is 1.68 bits per heavy atom. The topological polar surface area (TPSA) is 43.4 Å². The van der Waals surface area contributed by atoms with E-state index in [9.17, 15) is 8.42 Å². The fraction of sp³-hybridized carbons (Fsp3) is 0.600. The van der Waals surface area contributed by atoms with Crippen LogP contribution in [0.2, 0.25) is 0 Å². The minimum atomic E-state index is -3.62. The van der Waals surface area contributed by atoms with Gasteiger partial charge in [0.25, 0.3) is 10.1 Å². The zero-order valence-electron chi connectivity index (χ0n) is 12.1. The first kappa shape index (κ1) is 16.2. The Bertz CT molecular complexity index is 492. The average Bonchev–Trinajstić information content (AvgIpc) is 2.39. The van der Waals surface area contributed by atoms with Gasteiger partial charge >= 0.3 is 0 Å². The molecule has 0 aliphatic heterocycles. The lowest BCUT2D eigenvalue weighted by atomic mass is 10.00. The normalized spacial score (nSPS) is 11.7. The number of hydrogen-bond acceptors (Lipinski definition) is 3. The van der Waals surface area contributed by atoms with E-state index < -0.39 is 10.1 Å². The molecular weight excluding hydrogens is 260 g/mol. The van der Waals surface area contributed by atoms with E-state index in [-0.39, 0.29) is 6.61 Å². The number of benzene rings is 1. The van der Waals surface area contributed by atoms with E-state index in [1.54, 1.807) is 6.07 Å². The summed E-state index contributed by atoms with van der Waals surface area (Å²) >= 11 is 0. The summed E-state index contributed by atoms with van der Waals surface area (Å²) < 4.78 is 29.5. The minimum absolute atomic E-state index is 0.242. The fourth-order valence-electron chi connectivity index (χ4n) is 2.14. The second-order valence-electron chi connectivity index (χ2n) is 4.67. The van der Waals surface area contributed by atoms with E-state index in [1.807, 2.05) is 19.1 Å². The van der Waals surface area contributed by atoms with Gasteiger partial charge in [0.2, 0.25) is 0 Å². The molecule has 0 unspecified atom stereocenters. The second kappa shape index (κ2) is 7.65. The summed E-state index contributed by atoms with van der Waals surface area (Å²) in [7, 11) is -3.62. The molecule has 0 fully saturated rings. The van der Waals surface area contributed by atoms with E-state index in [4.69, 9.17) is 4.18 Å². The lowest BCUT2D eigenvalue weighted by molar-refractivity contribution is 0.317. The van der Waals surface area contributed by atoms with Gasteiger partial charge in [-0.2, -0.15) is 8.42 Å². The predicted molar refractivity (Wildman–Crippen MR) is 77.9 cm³/mol. The van der Waals surface area contributed by atoms with Gasteiger partial charge in [-0.05, 0) is 36.5 Å². The van der Waals surface area contributed by atoms with Gasteiger partial charge in [0.15, 0.2) is 0 Å². The zero-order chi connectivity index (χ0) is 14.3. The summed E-state index contributed by atoms with van der Waals surface area (Å²) in [6.07, 6.45) is 4.32. The Morgan fingerprint density at radius 3 is 2.26 bits per heavy atom. The van der Waals surface area contributed by atoms with Crippen LogP contribution in [0, 0.1) is 0 Å². The molecule has 0 N–H and O–H groups in total. The van der Waals surface area contributed by atoms with Gasteiger partial charge < -0.3 is 0 Å². The molecule has 0 spiro atoms. The number of hydrogen-bond donors (Lipinski definition) is 0. The molecule has 0 bridgehead atoms. The Balaban J connectivity index is 3.21. The number of rotatable bonds is 8. The summed E-state index contributed by atoms with van der Waals surface area (Å²) in [5.74, 6) is 0. The molecule has 108 valence electrons. The zero-order valence-corrected chi connectivity index (χ0v) is 12.9. The van der Waals surface area contributed by atoms with Gasteiger partial charge in [-0.25, -0.2) is 0 Å². The largest absolute Gasteiger partial charge is 0.297 e. The molecule has 0 saturated heterocycles. The molecule has 3 nitrogen and oxygen atoms in total. The van der Waals surface area contributed by atoms with Crippen molar-refractivity contribution in [2.75, 3.05) is 6.61 Å². The summed E-state index contributed by atoms with van der Waals surface area (Å²) in [6, 6.07) is 5.49. The molecule has 0 aliphatic carbocycles. The van der Waals surface area contributed by atoms with Gasteiger partial charge in [-0.1, -0.05) is 45.7 Å². The molecule has 4 heteroatoms. The summed E-state index contributed by atoms with van der Waals surface area (Å²) in [6.45, 7) is 6.30. The highest BCUT2D eigenvalue weighted by atomic mass is 32.2. The van der Waals surface area contributed by atoms with Crippen LogP contribution in [0.5, 0.6) is 0 Å². The third-order valence-electron chi connectivity index (χ3n) is 2.96. The van der Waals surface area contributed by atoms with Crippen LogP contribution >= 0.6 is 0 Å². The highest BCUT2D eigenvalue weighted by molar-refractivity contribution is 7.86. The molecule has 1 aromatic carbocycles. The van der Waals surface area contributed by atoms with Crippen LogP contribution < -0.4 is 0 Å². The maximum absolute atomic E-state index is 12.2. The standard InChI is InChI=1S/C15H24O3S/c1-4-8-13-10-7-11-15(14(13)9-5-2)19(16,17)18-12-6-3/h7,10-11H,4-6,8-9,12H2,1-3H3. The minimum Gasteiger partial charge on any atom is -0.266 e. The average molecular weight is 284 g/mol. The van der Waals surface area contributed by atoms with Crippen LogP contribution in [0.25, 0.3) is 0 Å². The van der Waals surface area contributed by atoms with Crippen molar-refractivity contribution in [3.8, 4) is 0 Å². The quantitative estimate of drug-likeness (QED) is 0.683. The molecule has 0 atom stereocenters. The van der Waals surface area contributed by atoms with Crippen molar-refractivity contribution in [3.63, 3.8) is 0 Å². The molecule has 0 amide bonds. The van der Waals surface area contributed by atoms with Crippen LogP contribution in [0.1, 0.15) is 51.2 Å². The molecule has 1 rings (SSSR count). The first-order chi connectivity index (χ1) is 9.06. The van der Waals surface area contributed by atoms with Gasteiger partial charge in [0.05, 0.1) is 11.5 Å². The maximum atomic E-state index is 12.2. The van der Waals surface area contributed by atoms with E-state index >= 15 is 0 Å². The van der Waals surface area contributed by atoms with Gasteiger partial charge in [0.1, 0.15) is 0 Å². The van der Waals surface area contributed by atoms with Crippen molar-refractivity contribution in [2.24, 2.45) is 0 Å². The van der Waals surface area contributed by atoms with Gasteiger partial charge in [-0.3, -0.25) is 4.18 Å². The van der Waals surface area contributed by atoms with Gasteiger partial charge in [0, 0.05) is 0 Å². The summed E-state index contributed by atoms with van der Waals surface area (Å²) in [5, 5.41) is 0. The van der Waals surface area contributed by atoms with E-state index in [1.165, 1.54) is 0 Å². The third kappa shape index (κ3) is 4.32. The molecule has 0 saturated carbocycles. The van der Waals surface area contributed by atoms with E-state index in [0.717, 1.165) is 36.8 Å². The van der Waals surface area contributed by atoms with Crippen LogP contribution in [-0.4, -0.2) is 15.0 Å². The van der Waals surface area contributed by atoms with Crippen molar-refractivity contribution < 1.29 is 12.6 Å². The van der Waals surface area contributed by atoms with Crippen molar-refractivity contribution >= 4 is 10.1 Å². The van der Waals surface area contributed by atoms with Crippen molar-refractivity contribution in [1.82, 2.24) is 0 Å². The van der Waals surface area contributed by atoms with Crippen LogP contribution in [-0.2, 0) is 27.1 Å². The van der Waals surface area contributed by atoms with E-state index in [0.29, 0.717) is 11.3 Å². The first-order valence-corrected chi connectivity index (χ1v) is 8.47. The Hall–Kier alpha value is -0.870. The van der Waals surface area contributed by atoms with Gasteiger partial charge in [-0.15, -0.1) is 0 Å². The molecule has 0 aliphatic rings. The first-order valence-electron chi connectivity index (χ1n) is 7.07. The summed E-state index contributed by atoms with van der Waals surface area (Å²) in [4.78, 5) is 0.355. The number of aryl methyl sites for hydroxylation is 1. The highest BCUT2D eigenvalue weighted by Crippen LogP contribution is 2.24. The molecular formula is C15H24O3S. The predicted octanol–water partition coefficient (Wildman–Crippen LogP) is 3.71. The van der Waals surface area contributed by atoms with E-state index in [2.05, 4.69) is 13.8 Å². The lowest BCUT2D eigenvalue weighted by Crippen LogP contribution is -2.11. The maximum Gasteiger partial charge on any atom is 0.297 e. The monoisotopic (exact) mass is 284 g/mol. The SMILES string of the molecule is CCCOS(=O)(=O)c1cccc(CCC)c1CCC. The van der Waals surface area contributed by atoms with Crippen LogP contribution in [0.3, 0.4) is 0 Å². The molecule has 0 radical (unpaired) electrons. The van der Waals surface area contributed by atoms with Crippen molar-refractivity contribution in [2.45, 2.75) is 57.8 Å². The second-order valence-corrected chi connectivity index (χ2v) is 6.25. The molecule has 0 heterocycles. The Kier molecular flexibility index (Phi) is 6.52. The Morgan fingerprint density at radius 1 is 1.00 bits per heavy atom. The highest BCUT2D eigenvalue weighted by Gasteiger charge is 2.20. The third-order valence-corrected chi connectivity index (χ3v) is 4.36. The fourth-order valence-corrected chi connectivity index (χ4v) is 3.43. The lowest BCUT2D eigenvalue weighted by Gasteiger charge is -2.14. The van der Waals surface area contributed by atoms with Crippen molar-refractivity contribution in [3.05, 3.63) is 29.3 Å². The Labute approximate surface area is 117 Å². The van der Waals surface area contributed by atoms with Crippen LogP contribution in [0.15, 0.2) is 23.1 Å². The molecule has 0 aromatic heterocycles.